The molecule has 0 bridgehead atoms. The van der Waals surface area contributed by atoms with Gasteiger partial charge in [-0.3, -0.25) is 0 Å². The van der Waals surface area contributed by atoms with E-state index in [1.165, 1.54) is 4.46 Å². The molecule has 2 aromatic heterocycles. The van der Waals surface area contributed by atoms with Gasteiger partial charge in [0.25, 0.3) is 0 Å². The Kier molecular flexibility index (Phi) is 3.88. The van der Waals surface area contributed by atoms with Crippen LogP contribution in [0.25, 0.3) is 21.4 Å². The van der Waals surface area contributed by atoms with Gasteiger partial charge in [0.2, 0.25) is 0 Å². The fourth-order valence-corrected chi connectivity index (χ4v) is 5.48. The maximum atomic E-state index is 12.6. The van der Waals surface area contributed by atoms with Crippen LogP contribution in [0.1, 0.15) is 0 Å². The summed E-state index contributed by atoms with van der Waals surface area (Å²) in [5.74, 6) is 0. The minimum absolute atomic E-state index is 0.0921. The van der Waals surface area contributed by atoms with Crippen molar-refractivity contribution in [1.82, 2.24) is 0 Å². The molecule has 0 aliphatic carbocycles. The molecule has 4 rings (SSSR count). The number of hydrogen-bond acceptors (Lipinski definition) is 3. The van der Waals surface area contributed by atoms with Crippen molar-refractivity contribution in [2.45, 2.75) is 0 Å². The second kappa shape index (κ2) is 6.17. The van der Waals surface area contributed by atoms with Crippen LogP contribution in [0.15, 0.2) is 81.3 Å². The van der Waals surface area contributed by atoms with Gasteiger partial charge in [0, 0.05) is 0 Å². The topological polar surface area (TPSA) is 30.2 Å². The van der Waals surface area contributed by atoms with E-state index in [4.69, 9.17) is 4.42 Å². The van der Waals surface area contributed by atoms with Crippen molar-refractivity contribution in [3.63, 3.8) is 0 Å². The Morgan fingerprint density at radius 1 is 0.870 bits per heavy atom. The molecule has 0 N–H and O–H groups in total. The summed E-state index contributed by atoms with van der Waals surface area (Å²) in [6.45, 7) is 0. The molecule has 23 heavy (non-hydrogen) atoms. The van der Waals surface area contributed by atoms with E-state index in [0.717, 1.165) is 20.3 Å². The summed E-state index contributed by atoms with van der Waals surface area (Å²) in [6.07, 6.45) is 0. The second-order valence-corrected chi connectivity index (χ2v) is 8.20. The predicted octanol–water partition coefficient (Wildman–Crippen LogP) is 3.18. The molecule has 0 unspecified atom stereocenters. The SMILES string of the molecule is O=c1oc2ccccc2c(-c2cccs2)c1[Se]c1ccccc1. The molecule has 0 radical (unpaired) electrons. The van der Waals surface area contributed by atoms with Crippen LogP contribution >= 0.6 is 11.3 Å². The Bertz CT molecular complexity index is 1000. The molecular weight excluding hydrogens is 371 g/mol. The van der Waals surface area contributed by atoms with Crippen LogP contribution in [-0.2, 0) is 0 Å². The van der Waals surface area contributed by atoms with Crippen LogP contribution in [0.5, 0.6) is 0 Å². The third-order valence-corrected chi connectivity index (χ3v) is 6.66. The molecule has 4 heteroatoms. The number of para-hydroxylation sites is 1. The summed E-state index contributed by atoms with van der Waals surface area (Å²) in [4.78, 5) is 13.7. The van der Waals surface area contributed by atoms with Crippen LogP contribution in [0.3, 0.4) is 0 Å². The van der Waals surface area contributed by atoms with Gasteiger partial charge in [-0.2, -0.15) is 0 Å². The first-order valence-corrected chi connectivity index (χ1v) is 9.75. The summed E-state index contributed by atoms with van der Waals surface area (Å²) >= 11 is 1.56. The van der Waals surface area contributed by atoms with Gasteiger partial charge in [0.1, 0.15) is 0 Å². The van der Waals surface area contributed by atoms with Gasteiger partial charge in [-0.25, -0.2) is 0 Å². The molecule has 0 fully saturated rings. The van der Waals surface area contributed by atoms with E-state index in [1.54, 1.807) is 11.3 Å². The molecule has 4 aromatic rings. The molecule has 2 aromatic carbocycles. The minimum atomic E-state index is -0.226. The molecule has 0 spiro atoms. The molecule has 0 amide bonds. The first-order valence-electron chi connectivity index (χ1n) is 7.15. The maximum absolute atomic E-state index is 12.6. The summed E-state index contributed by atoms with van der Waals surface area (Å²) < 4.78 is 7.52. The molecule has 0 saturated heterocycles. The van der Waals surface area contributed by atoms with Gasteiger partial charge < -0.3 is 0 Å². The molecule has 2 heterocycles. The zero-order chi connectivity index (χ0) is 15.6. The van der Waals surface area contributed by atoms with E-state index in [-0.39, 0.29) is 20.6 Å². The van der Waals surface area contributed by atoms with Crippen LogP contribution in [-0.4, -0.2) is 15.0 Å². The van der Waals surface area contributed by atoms with E-state index in [9.17, 15) is 4.79 Å². The predicted molar refractivity (Wildman–Crippen MR) is 97.3 cm³/mol. The van der Waals surface area contributed by atoms with Gasteiger partial charge >= 0.3 is 144 Å². The van der Waals surface area contributed by atoms with Crippen molar-refractivity contribution < 1.29 is 4.42 Å². The van der Waals surface area contributed by atoms with Crippen molar-refractivity contribution in [2.75, 3.05) is 0 Å². The Labute approximate surface area is 143 Å². The van der Waals surface area contributed by atoms with Crippen molar-refractivity contribution in [3.05, 3.63) is 82.5 Å². The number of hydrogen-bond donors (Lipinski definition) is 0. The van der Waals surface area contributed by atoms with E-state index < -0.39 is 0 Å². The molecular formula is C19H12O2SSe. The van der Waals surface area contributed by atoms with Gasteiger partial charge in [-0.15, -0.1) is 0 Å². The summed E-state index contributed by atoms with van der Waals surface area (Å²) in [7, 11) is 0. The summed E-state index contributed by atoms with van der Waals surface area (Å²) in [6, 6.07) is 22.0. The Morgan fingerprint density at radius 3 is 2.43 bits per heavy atom. The van der Waals surface area contributed by atoms with Crippen molar-refractivity contribution >= 4 is 46.2 Å². The fraction of sp³-hybridized carbons (Fsp3) is 0. The quantitative estimate of drug-likeness (QED) is 0.402. The second-order valence-electron chi connectivity index (χ2n) is 4.98. The molecule has 0 aliphatic heterocycles. The molecule has 2 nitrogen and oxygen atoms in total. The molecule has 0 saturated carbocycles. The molecule has 0 aliphatic rings. The summed E-state index contributed by atoms with van der Waals surface area (Å²) in [5, 5.41) is 3.04. The first kappa shape index (κ1) is 14.5. The summed E-state index contributed by atoms with van der Waals surface area (Å²) in [5.41, 5.74) is 1.44. The Morgan fingerprint density at radius 2 is 1.65 bits per heavy atom. The van der Waals surface area contributed by atoms with Gasteiger partial charge in [0.05, 0.1) is 0 Å². The van der Waals surface area contributed by atoms with Crippen LogP contribution in [0.4, 0.5) is 0 Å². The standard InChI is InChI=1S/C19H12O2SSe/c20-19-18(23-13-7-2-1-3-8-13)17(16-11-6-12-22-16)14-9-4-5-10-15(14)21-19/h1-12H. The fourth-order valence-electron chi connectivity index (χ4n) is 2.50. The average molecular weight is 383 g/mol. The molecule has 0 atom stereocenters. The van der Waals surface area contributed by atoms with E-state index in [1.807, 2.05) is 53.9 Å². The third-order valence-electron chi connectivity index (χ3n) is 3.50. The Hall–Kier alpha value is -2.13. The van der Waals surface area contributed by atoms with Gasteiger partial charge in [0.15, 0.2) is 0 Å². The van der Waals surface area contributed by atoms with Crippen molar-refractivity contribution in [3.8, 4) is 10.4 Å². The number of fused-ring (bicyclic) bond motifs is 1. The normalized spacial score (nSPS) is 11.0. The Balaban J connectivity index is 2.01. The number of benzene rings is 2. The van der Waals surface area contributed by atoms with Gasteiger partial charge in [-0.1, -0.05) is 0 Å². The zero-order valence-corrected chi connectivity index (χ0v) is 14.6. The van der Waals surface area contributed by atoms with Crippen LogP contribution in [0.2, 0.25) is 0 Å². The first-order chi connectivity index (χ1) is 11.3. The van der Waals surface area contributed by atoms with Crippen LogP contribution < -0.4 is 14.5 Å². The zero-order valence-electron chi connectivity index (χ0n) is 12.1. The monoisotopic (exact) mass is 384 g/mol. The molecule has 112 valence electrons. The van der Waals surface area contributed by atoms with Gasteiger partial charge in [-0.05, 0) is 0 Å². The van der Waals surface area contributed by atoms with Crippen molar-refractivity contribution in [2.24, 2.45) is 0 Å². The van der Waals surface area contributed by atoms with E-state index in [0.29, 0.717) is 5.58 Å². The third kappa shape index (κ3) is 2.77. The number of thiophene rings is 1. The van der Waals surface area contributed by atoms with Crippen molar-refractivity contribution in [1.29, 1.82) is 0 Å². The van der Waals surface area contributed by atoms with E-state index in [2.05, 4.69) is 18.2 Å². The number of rotatable bonds is 3. The van der Waals surface area contributed by atoms with Crippen LogP contribution in [0, 0.1) is 0 Å². The van der Waals surface area contributed by atoms with E-state index >= 15 is 0 Å². The average Bonchev–Trinajstić information content (AvgIpc) is 3.10.